The average molecular weight is 998 g/mol. The zero-order chi connectivity index (χ0) is 52.2. The Morgan fingerprint density at radius 1 is 0.292 bits per heavy atom. The van der Waals surface area contributed by atoms with Crippen molar-refractivity contribution < 1.29 is 28.6 Å². The van der Waals surface area contributed by atoms with Crippen molar-refractivity contribution in [2.45, 2.75) is 264 Å². The largest absolute Gasteiger partial charge is 0.462 e. The number of allylic oxidation sites excluding steroid dienone is 20. The van der Waals surface area contributed by atoms with Crippen molar-refractivity contribution in [2.75, 3.05) is 13.2 Å². The molecule has 1 unspecified atom stereocenters. The summed E-state index contributed by atoms with van der Waals surface area (Å²) < 4.78 is 16.8. The summed E-state index contributed by atoms with van der Waals surface area (Å²) in [6.07, 6.45) is 81.9. The Kier molecular flexibility index (Phi) is 55.9. The van der Waals surface area contributed by atoms with E-state index in [2.05, 4.69) is 142 Å². The molecule has 0 aliphatic rings. The van der Waals surface area contributed by atoms with Crippen LogP contribution in [0.3, 0.4) is 0 Å². The molecular formula is C66H108O6. The fourth-order valence-corrected chi connectivity index (χ4v) is 7.75. The van der Waals surface area contributed by atoms with E-state index in [4.69, 9.17) is 14.2 Å². The van der Waals surface area contributed by atoms with Crippen molar-refractivity contribution >= 4 is 17.9 Å². The predicted molar refractivity (Wildman–Crippen MR) is 311 cm³/mol. The third kappa shape index (κ3) is 56.7. The Bertz CT molecular complexity index is 1520. The van der Waals surface area contributed by atoms with Gasteiger partial charge in [-0.25, -0.2) is 0 Å². The van der Waals surface area contributed by atoms with Crippen LogP contribution in [0, 0.1) is 0 Å². The smallest absolute Gasteiger partial charge is 0.306 e. The molecule has 0 rings (SSSR count). The second kappa shape index (κ2) is 59.4. The predicted octanol–water partition coefficient (Wildman–Crippen LogP) is 20.0. The summed E-state index contributed by atoms with van der Waals surface area (Å²) in [6.45, 7) is 6.40. The lowest BCUT2D eigenvalue weighted by atomic mass is 10.1. The van der Waals surface area contributed by atoms with Crippen LogP contribution in [0.2, 0.25) is 0 Å². The Morgan fingerprint density at radius 3 is 0.917 bits per heavy atom. The quantitative estimate of drug-likeness (QED) is 0.0261. The average Bonchev–Trinajstić information content (AvgIpc) is 3.38. The Balaban J connectivity index is 4.37. The fraction of sp³-hybridized carbons (Fsp3) is 0.652. The van der Waals surface area contributed by atoms with E-state index < -0.39 is 6.10 Å². The van der Waals surface area contributed by atoms with E-state index >= 15 is 0 Å². The highest BCUT2D eigenvalue weighted by Gasteiger charge is 2.19. The number of ether oxygens (including phenoxy) is 3. The molecule has 0 N–H and O–H groups in total. The summed E-state index contributed by atoms with van der Waals surface area (Å²) in [5.41, 5.74) is 0. The van der Waals surface area contributed by atoms with Gasteiger partial charge >= 0.3 is 17.9 Å². The van der Waals surface area contributed by atoms with E-state index in [-0.39, 0.29) is 31.1 Å². The van der Waals surface area contributed by atoms with Gasteiger partial charge in [0.15, 0.2) is 6.10 Å². The molecule has 408 valence electrons. The van der Waals surface area contributed by atoms with Crippen molar-refractivity contribution in [3.05, 3.63) is 122 Å². The van der Waals surface area contributed by atoms with Gasteiger partial charge in [0.1, 0.15) is 13.2 Å². The molecule has 6 heteroatoms. The van der Waals surface area contributed by atoms with Crippen LogP contribution in [0.25, 0.3) is 0 Å². The van der Waals surface area contributed by atoms with Gasteiger partial charge in [0.2, 0.25) is 0 Å². The Labute approximate surface area is 443 Å². The minimum atomic E-state index is -0.798. The molecule has 0 saturated heterocycles. The minimum absolute atomic E-state index is 0.0954. The molecule has 0 aliphatic carbocycles. The van der Waals surface area contributed by atoms with E-state index in [1.54, 1.807) is 0 Å². The molecule has 0 aliphatic heterocycles. The van der Waals surface area contributed by atoms with Crippen LogP contribution in [-0.2, 0) is 28.6 Å². The SMILES string of the molecule is CC/C=C\C/C=C\C/C=C\C/C=C\C/C=C\C/C=C\CCCCCCCCC(=O)OCC(COC(=O)CCCCCCC/C=C\CCC)OC(=O)CCCCCCCC/C=C\C/C=C\C/C=C\CCCCC. The van der Waals surface area contributed by atoms with Gasteiger partial charge in [-0.05, 0) is 128 Å². The molecule has 0 heterocycles. The van der Waals surface area contributed by atoms with Gasteiger partial charge in [-0.3, -0.25) is 14.4 Å². The molecule has 0 bridgehead atoms. The van der Waals surface area contributed by atoms with Gasteiger partial charge in [-0.1, -0.05) is 232 Å². The first-order valence-electron chi connectivity index (χ1n) is 29.5. The third-order valence-corrected chi connectivity index (χ3v) is 12.2. The molecule has 72 heavy (non-hydrogen) atoms. The molecule has 0 aromatic rings. The summed E-state index contributed by atoms with van der Waals surface area (Å²) >= 11 is 0. The number of hydrogen-bond acceptors (Lipinski definition) is 6. The normalized spacial score (nSPS) is 13.0. The van der Waals surface area contributed by atoms with Gasteiger partial charge in [0.25, 0.3) is 0 Å². The molecule has 0 radical (unpaired) electrons. The maximum absolute atomic E-state index is 12.9. The van der Waals surface area contributed by atoms with Gasteiger partial charge in [0, 0.05) is 19.3 Å². The summed E-state index contributed by atoms with van der Waals surface area (Å²) in [5, 5.41) is 0. The number of unbranched alkanes of at least 4 members (excludes halogenated alkanes) is 21. The molecule has 0 aromatic carbocycles. The van der Waals surface area contributed by atoms with Crippen molar-refractivity contribution in [3.63, 3.8) is 0 Å². The van der Waals surface area contributed by atoms with E-state index in [0.717, 1.165) is 154 Å². The van der Waals surface area contributed by atoms with Crippen LogP contribution in [-0.4, -0.2) is 37.2 Å². The Morgan fingerprint density at radius 2 is 0.569 bits per heavy atom. The number of carbonyl (C=O) groups is 3. The number of rotatable bonds is 52. The van der Waals surface area contributed by atoms with Gasteiger partial charge < -0.3 is 14.2 Å². The third-order valence-electron chi connectivity index (χ3n) is 12.2. The van der Waals surface area contributed by atoms with Crippen molar-refractivity contribution in [1.29, 1.82) is 0 Å². The monoisotopic (exact) mass is 997 g/mol. The zero-order valence-electron chi connectivity index (χ0n) is 46.7. The molecule has 0 fully saturated rings. The fourth-order valence-electron chi connectivity index (χ4n) is 7.75. The molecule has 0 aromatic heterocycles. The topological polar surface area (TPSA) is 78.9 Å². The maximum atomic E-state index is 12.9. The highest BCUT2D eigenvalue weighted by atomic mass is 16.6. The van der Waals surface area contributed by atoms with Crippen LogP contribution in [0.5, 0.6) is 0 Å². The highest BCUT2D eigenvalue weighted by Crippen LogP contribution is 2.14. The lowest BCUT2D eigenvalue weighted by molar-refractivity contribution is -0.167. The van der Waals surface area contributed by atoms with Crippen molar-refractivity contribution in [3.8, 4) is 0 Å². The summed E-state index contributed by atoms with van der Waals surface area (Å²) in [4.78, 5) is 38.1. The van der Waals surface area contributed by atoms with Crippen LogP contribution in [0.1, 0.15) is 258 Å². The lowest BCUT2D eigenvalue weighted by Crippen LogP contribution is -2.30. The molecule has 1 atom stereocenters. The maximum Gasteiger partial charge on any atom is 0.306 e. The first kappa shape index (κ1) is 67.8. The van der Waals surface area contributed by atoms with Crippen LogP contribution >= 0.6 is 0 Å². The first-order chi connectivity index (χ1) is 35.5. The van der Waals surface area contributed by atoms with E-state index in [1.807, 2.05) is 0 Å². The van der Waals surface area contributed by atoms with Crippen LogP contribution < -0.4 is 0 Å². The molecule has 0 saturated carbocycles. The van der Waals surface area contributed by atoms with Crippen molar-refractivity contribution in [2.24, 2.45) is 0 Å². The second-order valence-electron chi connectivity index (χ2n) is 19.2. The standard InChI is InChI=1S/C66H108O6/c1-4-7-10-13-16-19-22-24-26-28-30-31-32-33-34-35-37-38-40-42-44-47-50-53-56-59-65(68)71-62-63(61-70-64(67)58-55-52-49-46-21-18-15-12-9-6-3)72-66(69)60-57-54-51-48-45-43-41-39-36-29-27-25-23-20-17-14-11-8-5-2/h7,10,12,15-17,19-20,24-27,30-31,33-34,36-39,63H,4-6,8-9,11,13-14,18,21-23,28-29,32,35,40-62H2,1-3H3/b10-7-,15-12-,19-16-,20-17-,26-24-,27-25-,31-30-,34-33-,38-37-,39-36-. The van der Waals surface area contributed by atoms with Gasteiger partial charge in [-0.15, -0.1) is 0 Å². The first-order valence-corrected chi connectivity index (χ1v) is 29.5. The van der Waals surface area contributed by atoms with Crippen molar-refractivity contribution in [1.82, 2.24) is 0 Å². The number of esters is 3. The lowest BCUT2D eigenvalue weighted by Gasteiger charge is -2.18. The highest BCUT2D eigenvalue weighted by molar-refractivity contribution is 5.71. The number of hydrogen-bond donors (Lipinski definition) is 0. The van der Waals surface area contributed by atoms with Gasteiger partial charge in [0.05, 0.1) is 0 Å². The zero-order valence-corrected chi connectivity index (χ0v) is 46.7. The molecular weight excluding hydrogens is 889 g/mol. The van der Waals surface area contributed by atoms with E-state index in [0.29, 0.717) is 19.3 Å². The van der Waals surface area contributed by atoms with E-state index in [1.165, 1.54) is 64.2 Å². The summed E-state index contributed by atoms with van der Waals surface area (Å²) in [6, 6.07) is 0. The summed E-state index contributed by atoms with van der Waals surface area (Å²) in [7, 11) is 0. The second-order valence-corrected chi connectivity index (χ2v) is 19.2. The Hall–Kier alpha value is -4.19. The van der Waals surface area contributed by atoms with E-state index in [9.17, 15) is 14.4 Å². The molecule has 6 nitrogen and oxygen atoms in total. The molecule has 0 spiro atoms. The number of carbonyl (C=O) groups excluding carboxylic acids is 3. The molecule has 0 amide bonds. The van der Waals surface area contributed by atoms with Crippen LogP contribution in [0.15, 0.2) is 122 Å². The summed E-state index contributed by atoms with van der Waals surface area (Å²) in [5.74, 6) is -0.935. The van der Waals surface area contributed by atoms with Crippen LogP contribution in [0.4, 0.5) is 0 Å². The van der Waals surface area contributed by atoms with Gasteiger partial charge in [-0.2, -0.15) is 0 Å². The minimum Gasteiger partial charge on any atom is -0.462 e.